The molecule has 0 amide bonds. The molecule has 7 rings (SSSR count). The first-order valence-corrected chi connectivity index (χ1v) is 13.4. The minimum atomic E-state index is -0.220. The van der Waals surface area contributed by atoms with Crippen LogP contribution in [0.1, 0.15) is 24.3 Å². The quantitative estimate of drug-likeness (QED) is 0.284. The summed E-state index contributed by atoms with van der Waals surface area (Å²) in [6, 6.07) is 26.1. The Morgan fingerprint density at radius 3 is 2.39 bits per heavy atom. The summed E-state index contributed by atoms with van der Waals surface area (Å²) in [6.07, 6.45) is 6.60. The van der Waals surface area contributed by atoms with Crippen LogP contribution in [-0.4, -0.2) is 16.7 Å². The summed E-state index contributed by atoms with van der Waals surface area (Å²) in [6.45, 7) is -0.191. The molecule has 4 aromatic rings. The Labute approximate surface area is 236 Å². The summed E-state index contributed by atoms with van der Waals surface area (Å²) in [5.41, 5.74) is 5.94. The van der Waals surface area contributed by atoms with E-state index < -0.39 is 0 Å². The molecule has 1 N–H and O–H groups in total. The number of hydrogen-bond donors (Lipinski definition) is 1. The molecule has 2 bridgehead atoms. The van der Waals surface area contributed by atoms with Gasteiger partial charge in [-0.2, -0.15) is 21.0 Å². The minimum absolute atomic E-state index is 0.0299. The number of nitriles is 4. The van der Waals surface area contributed by atoms with Gasteiger partial charge in [0.15, 0.2) is 0 Å². The molecule has 2 aromatic heterocycles. The van der Waals surface area contributed by atoms with Crippen molar-refractivity contribution in [3.05, 3.63) is 101 Å². The molecule has 7 heteroatoms. The molecule has 196 valence electrons. The average Bonchev–Trinajstić information content (AvgIpc) is 3.40. The second-order valence-corrected chi connectivity index (χ2v) is 10.4. The number of aromatic nitrogens is 1. The molecule has 1 fully saturated rings. The van der Waals surface area contributed by atoms with E-state index in [0.717, 1.165) is 57.0 Å². The number of nitrogens with zero attached hydrogens (tertiary/aromatic N) is 5. The molecule has 3 aliphatic carbocycles. The summed E-state index contributed by atoms with van der Waals surface area (Å²) in [7, 11) is 0. The van der Waals surface area contributed by atoms with E-state index in [0.29, 0.717) is 5.71 Å². The number of rotatable bonds is 5. The van der Waals surface area contributed by atoms with Crippen LogP contribution >= 0.6 is 0 Å². The lowest BCUT2D eigenvalue weighted by Gasteiger charge is -2.50. The lowest BCUT2D eigenvalue weighted by Crippen LogP contribution is -2.40. The van der Waals surface area contributed by atoms with E-state index in [9.17, 15) is 26.2 Å². The Bertz CT molecular complexity index is 1940. The summed E-state index contributed by atoms with van der Waals surface area (Å²) < 4.78 is 6.01. The third kappa shape index (κ3) is 4.36. The minimum Gasteiger partial charge on any atom is -0.438 e. The van der Waals surface area contributed by atoms with Crippen molar-refractivity contribution in [1.29, 1.82) is 21.0 Å². The highest BCUT2D eigenvalue weighted by molar-refractivity contribution is 6.04. The van der Waals surface area contributed by atoms with E-state index in [4.69, 9.17) is 4.42 Å². The maximum atomic E-state index is 10.5. The molecule has 41 heavy (non-hydrogen) atoms. The first-order valence-electron chi connectivity index (χ1n) is 13.4. The fraction of sp³-hybridized carbons (Fsp3) is 0.206. The summed E-state index contributed by atoms with van der Waals surface area (Å²) in [5, 5.41) is 50.5. The first-order chi connectivity index (χ1) is 20.1. The molecule has 0 aliphatic heterocycles. The van der Waals surface area contributed by atoms with Crippen molar-refractivity contribution >= 4 is 22.1 Å². The molecule has 2 aromatic carbocycles. The van der Waals surface area contributed by atoms with Gasteiger partial charge in [-0.3, -0.25) is 0 Å². The summed E-state index contributed by atoms with van der Waals surface area (Å²) in [5.74, 6) is -0.545. The van der Waals surface area contributed by atoms with Gasteiger partial charge < -0.3 is 9.52 Å². The van der Waals surface area contributed by atoms with Gasteiger partial charge in [-0.1, -0.05) is 36.4 Å². The SMILES string of the molecule is N#CC(C#N)=CC1=C(CO)C2CCC1C(C=C(C#N)C#N)C2c1cccc(-c2ccc3c(c2)oc2ncccc23)c1. The van der Waals surface area contributed by atoms with E-state index in [1.165, 1.54) is 0 Å². The Morgan fingerprint density at radius 2 is 1.63 bits per heavy atom. The third-order valence-electron chi connectivity index (χ3n) is 8.48. The van der Waals surface area contributed by atoms with Crippen molar-refractivity contribution in [2.24, 2.45) is 17.8 Å². The number of furan rings is 1. The van der Waals surface area contributed by atoms with E-state index in [1.54, 1.807) is 18.3 Å². The maximum absolute atomic E-state index is 10.5. The molecule has 0 saturated heterocycles. The molecule has 1 saturated carbocycles. The fourth-order valence-electron chi connectivity index (χ4n) is 6.79. The van der Waals surface area contributed by atoms with Gasteiger partial charge in [0.05, 0.1) is 6.61 Å². The standard InChI is InChI=1S/C34H23N5O2/c35-15-20(16-36)11-29-25-8-9-27(31(29)19-40)33(30(25)12-21(17-37)18-38)24-4-1-3-22(13-24)23-6-7-26-28-5-2-10-39-34(28)41-32(26)14-23/h1-7,10-14,25,27,30,33,40H,8-9,19H2. The number of aliphatic hydroxyl groups is 1. The number of pyridine rings is 1. The van der Waals surface area contributed by atoms with Gasteiger partial charge in [-0.15, -0.1) is 0 Å². The van der Waals surface area contributed by atoms with Crippen molar-refractivity contribution in [2.45, 2.75) is 18.8 Å². The lowest BCUT2D eigenvalue weighted by atomic mass is 9.54. The predicted octanol–water partition coefficient (Wildman–Crippen LogP) is 6.62. The second kappa shape index (κ2) is 10.6. The first kappa shape index (κ1) is 25.8. The molecule has 0 radical (unpaired) electrons. The predicted molar refractivity (Wildman–Crippen MR) is 152 cm³/mol. The normalized spacial score (nSPS) is 21.0. The van der Waals surface area contributed by atoms with Gasteiger partial charge in [-0.05, 0) is 94.7 Å². The number of aliphatic hydroxyl groups excluding tert-OH is 1. The summed E-state index contributed by atoms with van der Waals surface area (Å²) in [4.78, 5) is 4.33. The highest BCUT2D eigenvalue weighted by atomic mass is 16.3. The van der Waals surface area contributed by atoms with Crippen LogP contribution in [-0.2, 0) is 0 Å². The highest BCUT2D eigenvalue weighted by Crippen LogP contribution is 2.57. The number of hydrogen-bond acceptors (Lipinski definition) is 7. The van der Waals surface area contributed by atoms with Crippen molar-refractivity contribution < 1.29 is 9.52 Å². The van der Waals surface area contributed by atoms with Crippen molar-refractivity contribution in [3.8, 4) is 35.4 Å². The van der Waals surface area contributed by atoms with E-state index in [1.807, 2.05) is 60.7 Å². The molecule has 2 heterocycles. The van der Waals surface area contributed by atoms with Crippen molar-refractivity contribution in [1.82, 2.24) is 4.98 Å². The van der Waals surface area contributed by atoms with Crippen LogP contribution in [0, 0.1) is 63.1 Å². The molecule has 0 spiro atoms. The van der Waals surface area contributed by atoms with Gasteiger partial charge >= 0.3 is 0 Å². The topological polar surface area (TPSA) is 141 Å². The largest absolute Gasteiger partial charge is 0.438 e. The van der Waals surface area contributed by atoms with E-state index >= 15 is 0 Å². The number of allylic oxidation sites excluding steroid dienone is 5. The average molecular weight is 534 g/mol. The van der Waals surface area contributed by atoms with Gasteiger partial charge in [0.1, 0.15) is 41.0 Å². The second-order valence-electron chi connectivity index (χ2n) is 10.4. The van der Waals surface area contributed by atoms with Gasteiger partial charge in [0.2, 0.25) is 5.71 Å². The van der Waals surface area contributed by atoms with Crippen molar-refractivity contribution in [2.75, 3.05) is 6.61 Å². The van der Waals surface area contributed by atoms with Crippen LogP contribution in [0.3, 0.4) is 0 Å². The van der Waals surface area contributed by atoms with Gasteiger partial charge in [0.25, 0.3) is 0 Å². The lowest BCUT2D eigenvalue weighted by molar-refractivity contribution is 0.174. The molecular weight excluding hydrogens is 510 g/mol. The van der Waals surface area contributed by atoms with E-state index in [2.05, 4.69) is 23.2 Å². The van der Waals surface area contributed by atoms with Gasteiger partial charge in [0, 0.05) is 17.0 Å². The van der Waals surface area contributed by atoms with Crippen LogP contribution < -0.4 is 0 Å². The smallest absolute Gasteiger partial charge is 0.227 e. The zero-order chi connectivity index (χ0) is 28.5. The zero-order valence-electron chi connectivity index (χ0n) is 22.0. The van der Waals surface area contributed by atoms with Crippen molar-refractivity contribution in [3.63, 3.8) is 0 Å². The Kier molecular flexibility index (Phi) is 6.66. The summed E-state index contributed by atoms with van der Waals surface area (Å²) >= 11 is 0. The Morgan fingerprint density at radius 1 is 0.878 bits per heavy atom. The molecule has 4 atom stereocenters. The van der Waals surface area contributed by atoms with Crippen LogP contribution in [0.25, 0.3) is 33.2 Å². The third-order valence-corrected chi connectivity index (χ3v) is 8.48. The monoisotopic (exact) mass is 533 g/mol. The van der Waals surface area contributed by atoms with Crippen LogP contribution in [0.2, 0.25) is 0 Å². The Balaban J connectivity index is 1.48. The maximum Gasteiger partial charge on any atom is 0.227 e. The molecule has 7 nitrogen and oxygen atoms in total. The fourth-order valence-corrected chi connectivity index (χ4v) is 6.79. The molecule has 3 aliphatic rings. The van der Waals surface area contributed by atoms with E-state index in [-0.39, 0.29) is 41.4 Å². The number of fused-ring (bicyclic) bond motifs is 5. The molecular formula is C34H23N5O2. The van der Waals surface area contributed by atoms with Crippen LogP contribution in [0.15, 0.2) is 99.7 Å². The zero-order valence-corrected chi connectivity index (χ0v) is 22.0. The van der Waals surface area contributed by atoms with Gasteiger partial charge in [-0.25, -0.2) is 4.98 Å². The molecule has 4 unspecified atom stereocenters. The number of benzene rings is 2. The van der Waals surface area contributed by atoms with Crippen LogP contribution in [0.5, 0.6) is 0 Å². The highest BCUT2D eigenvalue weighted by Gasteiger charge is 2.47. The van der Waals surface area contributed by atoms with Crippen LogP contribution in [0.4, 0.5) is 0 Å². The Hall–Kier alpha value is -5.47.